The summed E-state index contributed by atoms with van der Waals surface area (Å²) >= 11 is 0. The fraction of sp³-hybridized carbons (Fsp3) is 0.294. The highest BCUT2D eigenvalue weighted by molar-refractivity contribution is 7.96. The second-order valence-electron chi connectivity index (χ2n) is 5.16. The van der Waals surface area contributed by atoms with Crippen molar-refractivity contribution < 1.29 is 0 Å². The number of rotatable bonds is 2. The van der Waals surface area contributed by atoms with Crippen molar-refractivity contribution in [3.63, 3.8) is 0 Å². The van der Waals surface area contributed by atoms with E-state index in [9.17, 15) is 0 Å². The molecule has 0 heterocycles. The van der Waals surface area contributed by atoms with Crippen molar-refractivity contribution in [2.75, 3.05) is 6.26 Å². The van der Waals surface area contributed by atoms with Crippen LogP contribution in [0.5, 0.6) is 0 Å². The SMILES string of the molecule is Cc1cc(C)cc([S+](C)c2cc(C)cc(C)c2)c1. The third kappa shape index (κ3) is 2.97. The first-order valence-electron chi connectivity index (χ1n) is 6.28. The fourth-order valence-electron chi connectivity index (χ4n) is 2.36. The van der Waals surface area contributed by atoms with Crippen molar-refractivity contribution in [2.45, 2.75) is 37.5 Å². The summed E-state index contributed by atoms with van der Waals surface area (Å²) < 4.78 is 0. The van der Waals surface area contributed by atoms with Gasteiger partial charge in [0.1, 0.15) is 6.26 Å². The Balaban J connectivity index is 2.43. The van der Waals surface area contributed by atoms with E-state index in [1.807, 2.05) is 0 Å². The first-order valence-corrected chi connectivity index (χ1v) is 7.91. The van der Waals surface area contributed by atoms with Crippen LogP contribution < -0.4 is 0 Å². The molecule has 18 heavy (non-hydrogen) atoms. The molecule has 0 nitrogen and oxygen atoms in total. The minimum absolute atomic E-state index is 0.162. The van der Waals surface area contributed by atoms with Crippen LogP contribution in [0.4, 0.5) is 0 Å². The largest absolute Gasteiger partial charge is 0.160 e. The Morgan fingerprint density at radius 1 is 0.556 bits per heavy atom. The van der Waals surface area contributed by atoms with Crippen molar-refractivity contribution >= 4 is 10.9 Å². The van der Waals surface area contributed by atoms with E-state index < -0.39 is 0 Å². The van der Waals surface area contributed by atoms with Gasteiger partial charge in [-0.05, 0) is 74.2 Å². The van der Waals surface area contributed by atoms with Crippen LogP contribution in [-0.4, -0.2) is 6.26 Å². The molecule has 0 radical (unpaired) electrons. The summed E-state index contributed by atoms with van der Waals surface area (Å²) in [4.78, 5) is 2.88. The number of hydrogen-bond acceptors (Lipinski definition) is 0. The maximum Gasteiger partial charge on any atom is 0.160 e. The van der Waals surface area contributed by atoms with Gasteiger partial charge >= 0.3 is 0 Å². The van der Waals surface area contributed by atoms with Gasteiger partial charge < -0.3 is 0 Å². The molecule has 0 N–H and O–H groups in total. The fourth-order valence-corrected chi connectivity index (χ4v) is 4.08. The van der Waals surface area contributed by atoms with E-state index >= 15 is 0 Å². The van der Waals surface area contributed by atoms with Gasteiger partial charge in [0, 0.05) is 0 Å². The van der Waals surface area contributed by atoms with Crippen LogP contribution >= 0.6 is 0 Å². The van der Waals surface area contributed by atoms with Crippen molar-refractivity contribution in [1.29, 1.82) is 0 Å². The zero-order valence-electron chi connectivity index (χ0n) is 11.9. The zero-order valence-corrected chi connectivity index (χ0v) is 12.7. The summed E-state index contributed by atoms with van der Waals surface area (Å²) in [5.74, 6) is 0. The molecular formula is C17H21S+. The Kier molecular flexibility index (Phi) is 3.82. The van der Waals surface area contributed by atoms with Crippen LogP contribution in [0.2, 0.25) is 0 Å². The average Bonchev–Trinajstić information content (AvgIpc) is 2.25. The van der Waals surface area contributed by atoms with Crippen LogP contribution in [0.3, 0.4) is 0 Å². The van der Waals surface area contributed by atoms with Crippen molar-refractivity contribution in [1.82, 2.24) is 0 Å². The van der Waals surface area contributed by atoms with E-state index in [0.29, 0.717) is 0 Å². The average molecular weight is 257 g/mol. The minimum atomic E-state index is 0.162. The molecule has 1 heteroatoms. The van der Waals surface area contributed by atoms with E-state index in [0.717, 1.165) is 0 Å². The lowest BCUT2D eigenvalue weighted by atomic mass is 10.2. The quantitative estimate of drug-likeness (QED) is 0.690. The predicted octanol–water partition coefficient (Wildman–Crippen LogP) is 4.59. The molecule has 94 valence electrons. The molecule has 0 spiro atoms. The lowest BCUT2D eigenvalue weighted by Crippen LogP contribution is -2.02. The van der Waals surface area contributed by atoms with E-state index in [4.69, 9.17) is 0 Å². The van der Waals surface area contributed by atoms with Gasteiger partial charge in [0.2, 0.25) is 0 Å². The molecule has 0 aliphatic heterocycles. The highest BCUT2D eigenvalue weighted by atomic mass is 32.2. The zero-order chi connectivity index (χ0) is 13.3. The summed E-state index contributed by atoms with van der Waals surface area (Å²) in [6, 6.07) is 13.7. The van der Waals surface area contributed by atoms with E-state index in [1.165, 1.54) is 32.0 Å². The Morgan fingerprint density at radius 2 is 0.833 bits per heavy atom. The topological polar surface area (TPSA) is 0 Å². The van der Waals surface area contributed by atoms with Crippen molar-refractivity contribution in [3.05, 3.63) is 58.7 Å². The monoisotopic (exact) mass is 257 g/mol. The molecule has 0 fully saturated rings. The lowest BCUT2D eigenvalue weighted by molar-refractivity contribution is 1.25. The Hall–Kier alpha value is -1.21. The molecule has 2 aromatic rings. The smallest absolute Gasteiger partial charge is 0.0560 e. The maximum absolute atomic E-state index is 2.32. The summed E-state index contributed by atoms with van der Waals surface area (Å²) in [6.07, 6.45) is 2.32. The Bertz CT molecular complexity index is 478. The van der Waals surface area contributed by atoms with Gasteiger partial charge in [0.15, 0.2) is 9.79 Å². The standard InChI is InChI=1S/C17H21S/c1-12-6-13(2)9-16(8-12)18(5)17-10-14(3)7-15(4)11-17/h6-11H,1-5H3/q+1. The van der Waals surface area contributed by atoms with E-state index in [1.54, 1.807) is 0 Å². The van der Waals surface area contributed by atoms with Crippen molar-refractivity contribution in [2.24, 2.45) is 0 Å². The molecule has 0 aliphatic carbocycles. The molecular weight excluding hydrogens is 236 g/mol. The maximum atomic E-state index is 2.32. The molecule has 0 bridgehead atoms. The summed E-state index contributed by atoms with van der Waals surface area (Å²) in [7, 11) is 0.162. The second-order valence-corrected chi connectivity index (χ2v) is 7.12. The second kappa shape index (κ2) is 5.19. The number of hydrogen-bond donors (Lipinski definition) is 0. The highest BCUT2D eigenvalue weighted by Gasteiger charge is 2.20. The number of benzene rings is 2. The van der Waals surface area contributed by atoms with Gasteiger partial charge in [0.05, 0.1) is 10.9 Å². The molecule has 0 aliphatic rings. The van der Waals surface area contributed by atoms with Gasteiger partial charge in [-0.1, -0.05) is 12.1 Å². The first-order chi connectivity index (χ1) is 8.45. The predicted molar refractivity (Wildman–Crippen MR) is 81.7 cm³/mol. The van der Waals surface area contributed by atoms with E-state index in [-0.39, 0.29) is 10.9 Å². The number of aryl methyl sites for hydroxylation is 4. The van der Waals surface area contributed by atoms with Crippen LogP contribution in [0.15, 0.2) is 46.2 Å². The summed E-state index contributed by atoms with van der Waals surface area (Å²) in [6.45, 7) is 8.70. The highest BCUT2D eigenvalue weighted by Crippen LogP contribution is 2.25. The Labute approximate surface area is 113 Å². The minimum Gasteiger partial charge on any atom is -0.0560 e. The molecule has 2 rings (SSSR count). The molecule has 0 unspecified atom stereocenters. The van der Waals surface area contributed by atoms with Gasteiger partial charge in [-0.15, -0.1) is 0 Å². The van der Waals surface area contributed by atoms with Crippen LogP contribution in [0, 0.1) is 27.7 Å². The summed E-state index contributed by atoms with van der Waals surface area (Å²) in [5.41, 5.74) is 5.42. The molecule has 0 saturated heterocycles. The van der Waals surface area contributed by atoms with Crippen LogP contribution in [-0.2, 0) is 10.9 Å². The van der Waals surface area contributed by atoms with Gasteiger partial charge in [0.25, 0.3) is 0 Å². The molecule has 0 saturated carbocycles. The summed E-state index contributed by atoms with van der Waals surface area (Å²) in [5, 5.41) is 0. The first kappa shape index (κ1) is 13.2. The van der Waals surface area contributed by atoms with Crippen LogP contribution in [0.25, 0.3) is 0 Å². The normalized spacial score (nSPS) is 11.0. The van der Waals surface area contributed by atoms with Gasteiger partial charge in [-0.2, -0.15) is 0 Å². The van der Waals surface area contributed by atoms with Crippen molar-refractivity contribution in [3.8, 4) is 0 Å². The van der Waals surface area contributed by atoms with E-state index in [2.05, 4.69) is 70.3 Å². The third-order valence-electron chi connectivity index (χ3n) is 3.10. The Morgan fingerprint density at radius 3 is 1.11 bits per heavy atom. The molecule has 0 aromatic heterocycles. The molecule has 2 aromatic carbocycles. The molecule has 0 atom stereocenters. The van der Waals surface area contributed by atoms with Gasteiger partial charge in [-0.3, -0.25) is 0 Å². The van der Waals surface area contributed by atoms with Crippen LogP contribution in [0.1, 0.15) is 22.3 Å². The lowest BCUT2D eigenvalue weighted by Gasteiger charge is -2.07. The van der Waals surface area contributed by atoms with Gasteiger partial charge in [-0.25, -0.2) is 0 Å². The third-order valence-corrected chi connectivity index (χ3v) is 4.98. The molecule has 0 amide bonds.